The van der Waals surface area contributed by atoms with Crippen molar-refractivity contribution in [3.05, 3.63) is 37.1 Å². The molecule has 0 aliphatic carbocycles. The molecule has 2 heterocycles. The van der Waals surface area contributed by atoms with Gasteiger partial charge in [-0.25, -0.2) is 9.97 Å². The van der Waals surface area contributed by atoms with Crippen LogP contribution in [-0.2, 0) is 9.53 Å². The van der Waals surface area contributed by atoms with Crippen LogP contribution in [0.4, 0.5) is 5.69 Å². The number of hydrogen-bond acceptors (Lipinski definition) is 5. The summed E-state index contributed by atoms with van der Waals surface area (Å²) in [4.78, 5) is 19.8. The molecule has 2 aromatic rings. The van der Waals surface area contributed by atoms with Crippen molar-refractivity contribution in [1.29, 1.82) is 0 Å². The summed E-state index contributed by atoms with van der Waals surface area (Å²) in [7, 11) is 1.49. The van der Waals surface area contributed by atoms with Crippen LogP contribution in [0.25, 0.3) is 5.82 Å². The number of methoxy groups -OCH3 is 1. The molecule has 0 spiro atoms. The standard InChI is InChI=1S/C12H15N5O2/c1-19-7-10(13)12(18)16-9-2-3-11(15-6-9)17-5-4-14-8-17/h2-6,8,10H,7,13H2,1H3,(H,16,18). The summed E-state index contributed by atoms with van der Waals surface area (Å²) >= 11 is 0. The third-order valence-electron chi connectivity index (χ3n) is 2.47. The Hall–Kier alpha value is -2.25. The highest BCUT2D eigenvalue weighted by Crippen LogP contribution is 2.09. The number of nitrogens with zero attached hydrogens (tertiary/aromatic N) is 3. The number of anilines is 1. The van der Waals surface area contributed by atoms with E-state index in [-0.39, 0.29) is 12.5 Å². The molecule has 0 bridgehead atoms. The van der Waals surface area contributed by atoms with Gasteiger partial charge in [0.1, 0.15) is 18.2 Å². The van der Waals surface area contributed by atoms with Gasteiger partial charge in [0.2, 0.25) is 5.91 Å². The smallest absolute Gasteiger partial charge is 0.243 e. The zero-order chi connectivity index (χ0) is 13.7. The molecular formula is C12H15N5O2. The number of nitrogens with two attached hydrogens (primary N) is 1. The Balaban J connectivity index is 2.01. The summed E-state index contributed by atoms with van der Waals surface area (Å²) in [6.45, 7) is 0.173. The molecule has 0 radical (unpaired) electrons. The predicted molar refractivity (Wildman–Crippen MR) is 69.8 cm³/mol. The Labute approximate surface area is 110 Å². The molecule has 7 heteroatoms. The number of carbonyl (C=O) groups is 1. The maximum atomic E-state index is 11.7. The van der Waals surface area contributed by atoms with Crippen LogP contribution in [0, 0.1) is 0 Å². The average Bonchev–Trinajstić information content (AvgIpc) is 2.94. The van der Waals surface area contributed by atoms with E-state index in [0.29, 0.717) is 5.69 Å². The monoisotopic (exact) mass is 261 g/mol. The molecule has 3 N–H and O–H groups in total. The van der Waals surface area contributed by atoms with Gasteiger partial charge in [-0.1, -0.05) is 0 Å². The van der Waals surface area contributed by atoms with Crippen LogP contribution in [0.15, 0.2) is 37.1 Å². The summed E-state index contributed by atoms with van der Waals surface area (Å²) in [6, 6.07) is 2.83. The molecule has 1 unspecified atom stereocenters. The highest BCUT2D eigenvalue weighted by Gasteiger charge is 2.13. The van der Waals surface area contributed by atoms with Gasteiger partial charge in [-0.15, -0.1) is 0 Å². The molecular weight excluding hydrogens is 246 g/mol. The van der Waals surface area contributed by atoms with Crippen molar-refractivity contribution < 1.29 is 9.53 Å². The van der Waals surface area contributed by atoms with Crippen LogP contribution in [0.5, 0.6) is 0 Å². The van der Waals surface area contributed by atoms with E-state index in [1.807, 2.05) is 0 Å². The van der Waals surface area contributed by atoms with Crippen LogP contribution < -0.4 is 11.1 Å². The molecule has 0 fully saturated rings. The topological polar surface area (TPSA) is 95.1 Å². The Morgan fingerprint density at radius 2 is 2.42 bits per heavy atom. The minimum absolute atomic E-state index is 0.173. The van der Waals surface area contributed by atoms with Crippen molar-refractivity contribution in [2.45, 2.75) is 6.04 Å². The van der Waals surface area contributed by atoms with Crippen LogP contribution >= 0.6 is 0 Å². The number of aromatic nitrogens is 3. The third kappa shape index (κ3) is 3.36. The quantitative estimate of drug-likeness (QED) is 0.800. The van der Waals surface area contributed by atoms with Crippen molar-refractivity contribution in [3.8, 4) is 5.82 Å². The van der Waals surface area contributed by atoms with Gasteiger partial charge in [-0.05, 0) is 12.1 Å². The van der Waals surface area contributed by atoms with Gasteiger partial charge in [-0.3, -0.25) is 9.36 Å². The molecule has 0 aliphatic rings. The summed E-state index contributed by atoms with van der Waals surface area (Å²) in [5.41, 5.74) is 6.20. The molecule has 0 saturated heterocycles. The second-order valence-corrected chi connectivity index (χ2v) is 3.93. The number of imidazole rings is 1. The minimum atomic E-state index is -0.696. The van der Waals surface area contributed by atoms with E-state index in [1.165, 1.54) is 7.11 Å². The van der Waals surface area contributed by atoms with Crippen molar-refractivity contribution in [2.24, 2.45) is 5.73 Å². The lowest BCUT2D eigenvalue weighted by Crippen LogP contribution is -2.39. The number of pyridine rings is 1. The van der Waals surface area contributed by atoms with E-state index in [9.17, 15) is 4.79 Å². The number of ether oxygens (including phenoxy) is 1. The van der Waals surface area contributed by atoms with E-state index < -0.39 is 6.04 Å². The maximum Gasteiger partial charge on any atom is 0.243 e. The van der Waals surface area contributed by atoms with Crippen LogP contribution in [0.3, 0.4) is 0 Å². The number of carbonyl (C=O) groups excluding carboxylic acids is 1. The Morgan fingerprint density at radius 1 is 1.58 bits per heavy atom. The Bertz CT molecular complexity index is 524. The van der Waals surface area contributed by atoms with Gasteiger partial charge in [0.25, 0.3) is 0 Å². The van der Waals surface area contributed by atoms with Crippen molar-refractivity contribution in [3.63, 3.8) is 0 Å². The fourth-order valence-electron chi connectivity index (χ4n) is 1.50. The van der Waals surface area contributed by atoms with Gasteiger partial charge in [0.15, 0.2) is 0 Å². The summed E-state index contributed by atoms with van der Waals surface area (Å²) in [5, 5.41) is 2.67. The molecule has 0 saturated carbocycles. The van der Waals surface area contributed by atoms with E-state index in [1.54, 1.807) is 41.6 Å². The lowest BCUT2D eigenvalue weighted by Gasteiger charge is -2.11. The lowest BCUT2D eigenvalue weighted by atomic mass is 10.3. The first-order chi connectivity index (χ1) is 9.20. The highest BCUT2D eigenvalue weighted by atomic mass is 16.5. The van der Waals surface area contributed by atoms with E-state index in [2.05, 4.69) is 15.3 Å². The second-order valence-electron chi connectivity index (χ2n) is 3.93. The summed E-state index contributed by atoms with van der Waals surface area (Å²) < 4.78 is 6.58. The molecule has 0 aromatic carbocycles. The van der Waals surface area contributed by atoms with Gasteiger partial charge in [0.05, 0.1) is 18.5 Å². The maximum absolute atomic E-state index is 11.7. The fourth-order valence-corrected chi connectivity index (χ4v) is 1.50. The molecule has 0 aliphatic heterocycles. The first-order valence-electron chi connectivity index (χ1n) is 5.70. The molecule has 2 aromatic heterocycles. The van der Waals surface area contributed by atoms with Crippen molar-refractivity contribution >= 4 is 11.6 Å². The van der Waals surface area contributed by atoms with Crippen LogP contribution in [-0.4, -0.2) is 40.2 Å². The van der Waals surface area contributed by atoms with Gasteiger partial charge in [-0.2, -0.15) is 0 Å². The normalized spacial score (nSPS) is 12.1. The zero-order valence-corrected chi connectivity index (χ0v) is 10.5. The third-order valence-corrected chi connectivity index (χ3v) is 2.47. The lowest BCUT2D eigenvalue weighted by molar-refractivity contribution is -0.118. The first kappa shape index (κ1) is 13.2. The Kier molecular flexibility index (Phi) is 4.22. The van der Waals surface area contributed by atoms with E-state index >= 15 is 0 Å². The van der Waals surface area contributed by atoms with Gasteiger partial charge in [0, 0.05) is 19.5 Å². The molecule has 100 valence electrons. The molecule has 1 amide bonds. The number of rotatable bonds is 5. The summed E-state index contributed by atoms with van der Waals surface area (Å²) in [6.07, 6.45) is 6.66. The van der Waals surface area contributed by atoms with E-state index in [0.717, 1.165) is 5.82 Å². The number of amides is 1. The van der Waals surface area contributed by atoms with Crippen LogP contribution in [0.2, 0.25) is 0 Å². The molecule has 1 atom stereocenters. The fraction of sp³-hybridized carbons (Fsp3) is 0.250. The molecule has 2 rings (SSSR count). The average molecular weight is 261 g/mol. The zero-order valence-electron chi connectivity index (χ0n) is 10.5. The van der Waals surface area contributed by atoms with Crippen molar-refractivity contribution in [1.82, 2.24) is 14.5 Å². The van der Waals surface area contributed by atoms with Gasteiger partial charge >= 0.3 is 0 Å². The Morgan fingerprint density at radius 3 is 3.00 bits per heavy atom. The molecule has 19 heavy (non-hydrogen) atoms. The minimum Gasteiger partial charge on any atom is -0.383 e. The van der Waals surface area contributed by atoms with Crippen LogP contribution in [0.1, 0.15) is 0 Å². The largest absolute Gasteiger partial charge is 0.383 e. The predicted octanol–water partition coefficient (Wildman–Crippen LogP) is 0.179. The van der Waals surface area contributed by atoms with Gasteiger partial charge < -0.3 is 15.8 Å². The van der Waals surface area contributed by atoms with Crippen molar-refractivity contribution in [2.75, 3.05) is 19.0 Å². The number of hydrogen-bond donors (Lipinski definition) is 2. The second kappa shape index (κ2) is 6.07. The SMILES string of the molecule is COCC(N)C(=O)Nc1ccc(-n2ccnc2)nc1. The van der Waals surface area contributed by atoms with E-state index in [4.69, 9.17) is 10.5 Å². The molecule has 7 nitrogen and oxygen atoms in total. The highest BCUT2D eigenvalue weighted by molar-refractivity contribution is 5.94. The number of nitrogens with one attached hydrogen (secondary N) is 1. The summed E-state index contributed by atoms with van der Waals surface area (Å²) in [5.74, 6) is 0.413. The first-order valence-corrected chi connectivity index (χ1v) is 5.70.